The summed E-state index contributed by atoms with van der Waals surface area (Å²) in [4.78, 5) is 12.0. The fourth-order valence-electron chi connectivity index (χ4n) is 2.37. The number of hydrogen-bond acceptors (Lipinski definition) is 2. The maximum Gasteiger partial charge on any atom is 0.224 e. The molecule has 1 aromatic rings. The van der Waals surface area contributed by atoms with Crippen LogP contribution in [0.3, 0.4) is 0 Å². The minimum atomic E-state index is 0.0980. The Morgan fingerprint density at radius 2 is 1.95 bits per heavy atom. The number of unbranched alkanes of at least 4 members (excludes halogenated alkanes) is 1. The number of carbonyl (C=O) groups excluding carboxylic acids is 1. The molecule has 0 aliphatic carbocycles. The van der Waals surface area contributed by atoms with E-state index in [9.17, 15) is 4.79 Å². The van der Waals surface area contributed by atoms with Gasteiger partial charge in [-0.15, -0.1) is 0 Å². The van der Waals surface area contributed by atoms with E-state index in [0.29, 0.717) is 18.9 Å². The first-order chi connectivity index (χ1) is 9.71. The number of carbonyl (C=O) groups is 1. The molecule has 3 heteroatoms. The largest absolute Gasteiger partial charge is 0.356 e. The fourth-order valence-corrected chi connectivity index (χ4v) is 2.37. The molecule has 3 N–H and O–H groups in total. The first-order valence-corrected chi connectivity index (χ1v) is 7.74. The van der Waals surface area contributed by atoms with Crippen LogP contribution < -0.4 is 11.1 Å². The highest BCUT2D eigenvalue weighted by Gasteiger charge is 2.10. The lowest BCUT2D eigenvalue weighted by atomic mass is 9.99. The van der Waals surface area contributed by atoms with Crippen LogP contribution in [0.1, 0.15) is 50.7 Å². The van der Waals surface area contributed by atoms with Gasteiger partial charge < -0.3 is 11.1 Å². The van der Waals surface area contributed by atoms with Gasteiger partial charge in [0.15, 0.2) is 0 Å². The van der Waals surface area contributed by atoms with E-state index in [2.05, 4.69) is 19.2 Å². The summed E-state index contributed by atoms with van der Waals surface area (Å²) < 4.78 is 0. The van der Waals surface area contributed by atoms with Crippen molar-refractivity contribution in [3.8, 4) is 0 Å². The number of nitrogens with two attached hydrogens (primary N) is 1. The van der Waals surface area contributed by atoms with E-state index in [1.54, 1.807) is 0 Å². The lowest BCUT2D eigenvalue weighted by Crippen LogP contribution is -2.30. The van der Waals surface area contributed by atoms with Crippen LogP contribution in [0.15, 0.2) is 24.3 Å². The molecule has 112 valence electrons. The zero-order chi connectivity index (χ0) is 14.8. The zero-order valence-corrected chi connectivity index (χ0v) is 12.8. The van der Waals surface area contributed by atoms with E-state index in [-0.39, 0.29) is 5.91 Å². The number of amides is 1. The van der Waals surface area contributed by atoms with Crippen molar-refractivity contribution in [1.29, 1.82) is 0 Å². The third-order valence-corrected chi connectivity index (χ3v) is 3.82. The van der Waals surface area contributed by atoms with E-state index in [0.717, 1.165) is 24.1 Å². The van der Waals surface area contributed by atoms with Crippen molar-refractivity contribution in [3.63, 3.8) is 0 Å². The minimum Gasteiger partial charge on any atom is -0.356 e. The third-order valence-electron chi connectivity index (χ3n) is 3.82. The maximum atomic E-state index is 12.0. The number of hydrogen-bond donors (Lipinski definition) is 2. The quantitative estimate of drug-likeness (QED) is 0.728. The Bertz CT molecular complexity index is 404. The highest BCUT2D eigenvalue weighted by Crippen LogP contribution is 2.12. The summed E-state index contributed by atoms with van der Waals surface area (Å²) in [5, 5.41) is 3.06. The van der Waals surface area contributed by atoms with Crippen molar-refractivity contribution in [2.24, 2.45) is 11.7 Å². The molecule has 1 unspecified atom stereocenters. The van der Waals surface area contributed by atoms with Crippen molar-refractivity contribution >= 4 is 5.91 Å². The first-order valence-electron chi connectivity index (χ1n) is 7.74. The highest BCUT2D eigenvalue weighted by molar-refractivity contribution is 5.78. The molecule has 1 atom stereocenters. The minimum absolute atomic E-state index is 0.0980. The molecule has 0 radical (unpaired) electrons. The van der Waals surface area contributed by atoms with E-state index in [1.807, 2.05) is 24.3 Å². The molecule has 1 aromatic carbocycles. The molecular formula is C17H28N2O. The summed E-state index contributed by atoms with van der Waals surface area (Å²) in [5.41, 5.74) is 7.79. The summed E-state index contributed by atoms with van der Waals surface area (Å²) in [7, 11) is 0. The summed E-state index contributed by atoms with van der Waals surface area (Å²) in [6.07, 6.45) is 5.21. The van der Waals surface area contributed by atoms with Gasteiger partial charge in [-0.3, -0.25) is 4.79 Å². The lowest BCUT2D eigenvalue weighted by Gasteiger charge is -2.15. The summed E-state index contributed by atoms with van der Waals surface area (Å²) in [6, 6.07) is 7.88. The predicted octanol–water partition coefficient (Wildman–Crippen LogP) is 3.02. The van der Waals surface area contributed by atoms with Crippen LogP contribution in [-0.4, -0.2) is 12.5 Å². The molecule has 0 saturated heterocycles. The van der Waals surface area contributed by atoms with Crippen molar-refractivity contribution in [1.82, 2.24) is 5.32 Å². The Morgan fingerprint density at radius 3 is 2.55 bits per heavy atom. The maximum absolute atomic E-state index is 12.0. The molecule has 0 fully saturated rings. The van der Waals surface area contributed by atoms with Crippen molar-refractivity contribution in [2.45, 2.75) is 52.5 Å². The standard InChI is InChI=1S/C17H28N2O/c1-3-5-8-14(4-2)13-19-17(20)11-15-9-6-7-10-16(15)12-18/h6-7,9-10,14H,3-5,8,11-13,18H2,1-2H3,(H,19,20). The van der Waals surface area contributed by atoms with E-state index in [1.165, 1.54) is 19.3 Å². The van der Waals surface area contributed by atoms with Crippen LogP contribution in [0.4, 0.5) is 0 Å². The van der Waals surface area contributed by atoms with Crippen LogP contribution in [0.2, 0.25) is 0 Å². The highest BCUT2D eigenvalue weighted by atomic mass is 16.1. The summed E-state index contributed by atoms with van der Waals surface area (Å²) in [5.74, 6) is 0.699. The normalized spacial score (nSPS) is 12.2. The van der Waals surface area contributed by atoms with Gasteiger partial charge >= 0.3 is 0 Å². The van der Waals surface area contributed by atoms with Crippen LogP contribution in [0, 0.1) is 5.92 Å². The molecule has 0 aliphatic heterocycles. The second-order valence-corrected chi connectivity index (χ2v) is 5.37. The van der Waals surface area contributed by atoms with Crippen LogP contribution >= 0.6 is 0 Å². The van der Waals surface area contributed by atoms with Crippen molar-refractivity contribution < 1.29 is 4.79 Å². The molecule has 0 saturated carbocycles. The molecule has 0 aliphatic rings. The topological polar surface area (TPSA) is 55.1 Å². The van der Waals surface area contributed by atoms with E-state index < -0.39 is 0 Å². The molecular weight excluding hydrogens is 248 g/mol. The van der Waals surface area contributed by atoms with E-state index in [4.69, 9.17) is 5.73 Å². The Morgan fingerprint density at radius 1 is 1.25 bits per heavy atom. The average Bonchev–Trinajstić information content (AvgIpc) is 2.48. The van der Waals surface area contributed by atoms with E-state index >= 15 is 0 Å². The molecule has 20 heavy (non-hydrogen) atoms. The van der Waals surface area contributed by atoms with Gasteiger partial charge in [-0.05, 0) is 23.5 Å². The second kappa shape index (κ2) is 9.54. The Kier molecular flexibility index (Phi) is 7.97. The molecule has 0 bridgehead atoms. The number of rotatable bonds is 9. The van der Waals surface area contributed by atoms with Gasteiger partial charge in [0, 0.05) is 13.1 Å². The molecule has 0 heterocycles. The summed E-state index contributed by atoms with van der Waals surface area (Å²) in [6.45, 7) is 5.67. The fraction of sp³-hybridized carbons (Fsp3) is 0.588. The van der Waals surface area contributed by atoms with Gasteiger partial charge in [-0.1, -0.05) is 57.4 Å². The predicted molar refractivity (Wildman–Crippen MR) is 84.4 cm³/mol. The van der Waals surface area contributed by atoms with Crippen LogP contribution in [-0.2, 0) is 17.8 Å². The molecule has 1 amide bonds. The first kappa shape index (κ1) is 16.7. The van der Waals surface area contributed by atoms with Gasteiger partial charge in [-0.2, -0.15) is 0 Å². The second-order valence-electron chi connectivity index (χ2n) is 5.37. The van der Waals surface area contributed by atoms with Gasteiger partial charge in [0.1, 0.15) is 0 Å². The monoisotopic (exact) mass is 276 g/mol. The molecule has 3 nitrogen and oxygen atoms in total. The smallest absolute Gasteiger partial charge is 0.224 e. The third kappa shape index (κ3) is 5.74. The van der Waals surface area contributed by atoms with Crippen molar-refractivity contribution in [2.75, 3.05) is 6.54 Å². The van der Waals surface area contributed by atoms with Crippen LogP contribution in [0.25, 0.3) is 0 Å². The SMILES string of the molecule is CCCCC(CC)CNC(=O)Cc1ccccc1CN. The molecule has 0 spiro atoms. The lowest BCUT2D eigenvalue weighted by molar-refractivity contribution is -0.120. The van der Waals surface area contributed by atoms with Gasteiger partial charge in [0.2, 0.25) is 5.91 Å². The molecule has 0 aromatic heterocycles. The Balaban J connectivity index is 2.43. The Hall–Kier alpha value is -1.35. The average molecular weight is 276 g/mol. The Labute approximate surface area is 122 Å². The van der Waals surface area contributed by atoms with Gasteiger partial charge in [0.05, 0.1) is 6.42 Å². The number of benzene rings is 1. The number of nitrogens with one attached hydrogen (secondary N) is 1. The van der Waals surface area contributed by atoms with Gasteiger partial charge in [-0.25, -0.2) is 0 Å². The van der Waals surface area contributed by atoms with Crippen molar-refractivity contribution in [3.05, 3.63) is 35.4 Å². The summed E-state index contributed by atoms with van der Waals surface area (Å²) >= 11 is 0. The van der Waals surface area contributed by atoms with Crippen LogP contribution in [0.5, 0.6) is 0 Å². The van der Waals surface area contributed by atoms with Gasteiger partial charge in [0.25, 0.3) is 0 Å². The zero-order valence-electron chi connectivity index (χ0n) is 12.8. The molecule has 1 rings (SSSR count).